The lowest BCUT2D eigenvalue weighted by atomic mass is 10.1. The molecule has 3 heterocycles. The monoisotopic (exact) mass is 389 g/mol. The average Bonchev–Trinajstić information content (AvgIpc) is 3.39. The van der Waals surface area contributed by atoms with Gasteiger partial charge < -0.3 is 15.0 Å². The van der Waals surface area contributed by atoms with E-state index in [4.69, 9.17) is 11.2 Å². The number of carbonyl (C=O) groups excluding carboxylic acids is 1. The third kappa shape index (κ3) is 4.55. The topological polar surface area (TPSA) is 71.8 Å². The molecule has 1 aliphatic heterocycles. The summed E-state index contributed by atoms with van der Waals surface area (Å²) in [6.45, 7) is 1.51. The molecule has 0 saturated carbocycles. The van der Waals surface area contributed by atoms with Crippen molar-refractivity contribution in [3.8, 4) is 12.3 Å². The summed E-state index contributed by atoms with van der Waals surface area (Å²) in [5.74, 6) is 3.42. The van der Waals surface area contributed by atoms with Crippen LogP contribution in [0.15, 0.2) is 48.7 Å². The molecule has 148 valence electrons. The van der Waals surface area contributed by atoms with Gasteiger partial charge in [-0.3, -0.25) is 4.40 Å². The van der Waals surface area contributed by atoms with Gasteiger partial charge in [-0.1, -0.05) is 24.1 Å². The number of amides is 2. The molecule has 0 bridgehead atoms. The molecule has 7 heteroatoms. The molecule has 0 spiro atoms. The molecule has 1 atom stereocenters. The van der Waals surface area contributed by atoms with E-state index in [-0.39, 0.29) is 18.7 Å². The summed E-state index contributed by atoms with van der Waals surface area (Å²) in [6, 6.07) is 13.3. The number of nitrogens with zero attached hydrogens (tertiary/aromatic N) is 4. The Labute approximate surface area is 169 Å². The minimum absolute atomic E-state index is 0.0643. The number of hydrogen-bond donors (Lipinski definition) is 1. The van der Waals surface area contributed by atoms with Crippen LogP contribution in [0.2, 0.25) is 0 Å². The van der Waals surface area contributed by atoms with Crippen LogP contribution in [0.3, 0.4) is 0 Å². The normalized spacial score (nSPS) is 15.9. The van der Waals surface area contributed by atoms with E-state index >= 15 is 0 Å². The zero-order valence-electron chi connectivity index (χ0n) is 16.1. The number of pyridine rings is 1. The number of aromatic nitrogens is 3. The minimum Gasteiger partial charge on any atom is -0.376 e. The van der Waals surface area contributed by atoms with Crippen molar-refractivity contribution in [3.63, 3.8) is 0 Å². The molecule has 1 aliphatic rings. The van der Waals surface area contributed by atoms with Crippen LogP contribution >= 0.6 is 0 Å². The molecule has 1 fully saturated rings. The molecular formula is C22H23N5O2. The summed E-state index contributed by atoms with van der Waals surface area (Å²) in [5.41, 5.74) is 2.63. The molecule has 1 saturated heterocycles. The standard InChI is InChI=1S/C22H23N5O2/c1-2-12-26(16-19-6-5-14-29-19)22(28)23-18-10-8-17(9-11-18)15-21-25-24-20-7-3-4-13-27(20)21/h1,3-4,7-11,13,19H,5-6,12,14-16H2,(H,23,28). The number of ether oxygens (including phenoxy) is 1. The fourth-order valence-corrected chi connectivity index (χ4v) is 3.47. The maximum absolute atomic E-state index is 12.6. The van der Waals surface area contributed by atoms with E-state index in [2.05, 4.69) is 21.4 Å². The fourth-order valence-electron chi connectivity index (χ4n) is 3.47. The van der Waals surface area contributed by atoms with Crippen LogP contribution in [0, 0.1) is 12.3 Å². The number of hydrogen-bond acceptors (Lipinski definition) is 4. The fraction of sp³-hybridized carbons (Fsp3) is 0.318. The molecule has 1 N–H and O–H groups in total. The maximum atomic E-state index is 12.6. The van der Waals surface area contributed by atoms with Gasteiger partial charge in [-0.05, 0) is 42.7 Å². The highest BCUT2D eigenvalue weighted by Gasteiger charge is 2.22. The van der Waals surface area contributed by atoms with Crippen LogP contribution < -0.4 is 5.32 Å². The Morgan fingerprint density at radius 1 is 1.28 bits per heavy atom. The first-order valence-corrected chi connectivity index (χ1v) is 9.71. The summed E-state index contributed by atoms with van der Waals surface area (Å²) in [4.78, 5) is 14.2. The second kappa shape index (κ2) is 8.76. The van der Waals surface area contributed by atoms with Crippen LogP contribution in [-0.2, 0) is 11.2 Å². The summed E-state index contributed by atoms with van der Waals surface area (Å²) in [7, 11) is 0. The highest BCUT2D eigenvalue weighted by molar-refractivity contribution is 5.89. The second-order valence-corrected chi connectivity index (χ2v) is 7.07. The molecule has 1 aromatic carbocycles. The Kier molecular flexibility index (Phi) is 5.73. The zero-order chi connectivity index (χ0) is 20.1. The van der Waals surface area contributed by atoms with Crippen LogP contribution in [0.25, 0.3) is 5.65 Å². The van der Waals surface area contributed by atoms with Crippen molar-refractivity contribution in [2.45, 2.75) is 25.4 Å². The number of anilines is 1. The van der Waals surface area contributed by atoms with Crippen molar-refractivity contribution in [2.75, 3.05) is 25.0 Å². The number of benzene rings is 1. The molecule has 0 aliphatic carbocycles. The van der Waals surface area contributed by atoms with E-state index in [9.17, 15) is 4.79 Å². The molecule has 3 aromatic rings. The van der Waals surface area contributed by atoms with Crippen molar-refractivity contribution >= 4 is 17.4 Å². The molecule has 2 amide bonds. The Morgan fingerprint density at radius 3 is 2.90 bits per heavy atom. The summed E-state index contributed by atoms with van der Waals surface area (Å²) >= 11 is 0. The number of rotatable bonds is 6. The highest BCUT2D eigenvalue weighted by atomic mass is 16.5. The molecular weight excluding hydrogens is 366 g/mol. The van der Waals surface area contributed by atoms with Crippen LogP contribution in [-0.4, -0.2) is 51.3 Å². The lowest BCUT2D eigenvalue weighted by molar-refractivity contribution is 0.0868. The van der Waals surface area contributed by atoms with Gasteiger partial charge in [0.25, 0.3) is 0 Å². The van der Waals surface area contributed by atoms with Crippen LogP contribution in [0.5, 0.6) is 0 Å². The van der Waals surface area contributed by atoms with E-state index in [1.165, 1.54) is 0 Å². The first-order valence-electron chi connectivity index (χ1n) is 9.71. The summed E-state index contributed by atoms with van der Waals surface area (Å²) in [5, 5.41) is 11.4. The summed E-state index contributed by atoms with van der Waals surface area (Å²) < 4.78 is 7.59. The number of urea groups is 1. The zero-order valence-corrected chi connectivity index (χ0v) is 16.1. The van der Waals surface area contributed by atoms with E-state index in [1.54, 1.807) is 4.90 Å². The van der Waals surface area contributed by atoms with Gasteiger partial charge in [0.1, 0.15) is 5.82 Å². The molecule has 4 rings (SSSR count). The van der Waals surface area contributed by atoms with Gasteiger partial charge in [-0.2, -0.15) is 0 Å². The smallest absolute Gasteiger partial charge is 0.322 e. The number of fused-ring (bicyclic) bond motifs is 1. The van der Waals surface area contributed by atoms with E-state index in [1.807, 2.05) is 53.1 Å². The Balaban J connectivity index is 1.39. The number of terminal acetylenes is 1. The van der Waals surface area contributed by atoms with Gasteiger partial charge in [-0.25, -0.2) is 4.79 Å². The Morgan fingerprint density at radius 2 is 2.14 bits per heavy atom. The van der Waals surface area contributed by atoms with Gasteiger partial charge in [0.05, 0.1) is 12.6 Å². The van der Waals surface area contributed by atoms with Crippen LogP contribution in [0.1, 0.15) is 24.2 Å². The van der Waals surface area contributed by atoms with Gasteiger partial charge in [0.15, 0.2) is 5.65 Å². The average molecular weight is 389 g/mol. The molecule has 0 radical (unpaired) electrons. The highest BCUT2D eigenvalue weighted by Crippen LogP contribution is 2.16. The largest absolute Gasteiger partial charge is 0.376 e. The van der Waals surface area contributed by atoms with Crippen molar-refractivity contribution in [1.82, 2.24) is 19.5 Å². The van der Waals surface area contributed by atoms with Gasteiger partial charge in [-0.15, -0.1) is 16.6 Å². The van der Waals surface area contributed by atoms with Crippen molar-refractivity contribution in [2.24, 2.45) is 0 Å². The third-order valence-corrected chi connectivity index (χ3v) is 4.97. The van der Waals surface area contributed by atoms with Crippen LogP contribution in [0.4, 0.5) is 10.5 Å². The third-order valence-electron chi connectivity index (χ3n) is 4.97. The SMILES string of the molecule is C#CCN(CC1CCCO1)C(=O)Nc1ccc(Cc2nnc3ccccn23)cc1. The second-order valence-electron chi connectivity index (χ2n) is 7.07. The predicted octanol–water partition coefficient (Wildman–Crippen LogP) is 2.97. The summed E-state index contributed by atoms with van der Waals surface area (Å²) in [6.07, 6.45) is 10.1. The molecule has 1 unspecified atom stereocenters. The first-order chi connectivity index (χ1) is 14.2. The van der Waals surface area contributed by atoms with Crippen molar-refractivity contribution in [3.05, 3.63) is 60.0 Å². The van der Waals surface area contributed by atoms with E-state index in [0.29, 0.717) is 13.0 Å². The maximum Gasteiger partial charge on any atom is 0.322 e. The molecule has 7 nitrogen and oxygen atoms in total. The molecule has 2 aromatic heterocycles. The Hall–Kier alpha value is -3.37. The van der Waals surface area contributed by atoms with Crippen molar-refractivity contribution < 1.29 is 9.53 Å². The lowest BCUT2D eigenvalue weighted by Crippen LogP contribution is -2.40. The first kappa shape index (κ1) is 19.0. The predicted molar refractivity (Wildman–Crippen MR) is 111 cm³/mol. The molecule has 29 heavy (non-hydrogen) atoms. The van der Waals surface area contributed by atoms with E-state index < -0.39 is 0 Å². The number of nitrogens with one attached hydrogen (secondary N) is 1. The van der Waals surface area contributed by atoms with Gasteiger partial charge in [0.2, 0.25) is 0 Å². The Bertz CT molecular complexity index is 1020. The van der Waals surface area contributed by atoms with E-state index in [0.717, 1.165) is 42.2 Å². The van der Waals surface area contributed by atoms with Gasteiger partial charge >= 0.3 is 6.03 Å². The lowest BCUT2D eigenvalue weighted by Gasteiger charge is -2.23. The van der Waals surface area contributed by atoms with Gasteiger partial charge in [0, 0.05) is 31.5 Å². The van der Waals surface area contributed by atoms with Crippen molar-refractivity contribution in [1.29, 1.82) is 0 Å². The number of carbonyl (C=O) groups is 1. The minimum atomic E-state index is -0.213. The quantitative estimate of drug-likeness (QED) is 0.658.